The van der Waals surface area contributed by atoms with Gasteiger partial charge in [-0.1, -0.05) is 36.4 Å². The third-order valence-electron chi connectivity index (χ3n) is 3.92. The molecule has 1 aliphatic rings. The molecule has 122 valence electrons. The van der Waals surface area contributed by atoms with E-state index in [1.807, 2.05) is 48.5 Å². The number of para-hydroxylation sites is 2. The molecule has 1 amide bonds. The van der Waals surface area contributed by atoms with Crippen LogP contribution in [0.4, 0.5) is 5.69 Å². The molecule has 2 aromatic rings. The Bertz CT molecular complexity index is 676. The lowest BCUT2D eigenvalue weighted by Gasteiger charge is -2.26. The van der Waals surface area contributed by atoms with Gasteiger partial charge in [-0.15, -0.1) is 12.4 Å². The van der Waals surface area contributed by atoms with Crippen LogP contribution in [-0.4, -0.2) is 18.6 Å². The number of halogens is 1. The second kappa shape index (κ2) is 7.88. The van der Waals surface area contributed by atoms with Crippen LogP contribution in [0.3, 0.4) is 0 Å². The summed E-state index contributed by atoms with van der Waals surface area (Å²) in [6, 6.07) is 15.7. The minimum atomic E-state index is 0. The Morgan fingerprint density at radius 2 is 1.91 bits per heavy atom. The van der Waals surface area contributed by atoms with Crippen molar-refractivity contribution in [3.05, 3.63) is 59.7 Å². The number of fused-ring (bicyclic) bond motifs is 1. The quantitative estimate of drug-likeness (QED) is 0.846. The lowest BCUT2D eigenvalue weighted by atomic mass is 10.0. The van der Waals surface area contributed by atoms with Crippen molar-refractivity contribution in [2.45, 2.75) is 25.3 Å². The van der Waals surface area contributed by atoms with E-state index in [-0.39, 0.29) is 24.4 Å². The van der Waals surface area contributed by atoms with Crippen molar-refractivity contribution in [1.82, 2.24) is 5.32 Å². The Labute approximate surface area is 142 Å². The highest BCUT2D eigenvalue weighted by molar-refractivity contribution is 5.85. The maximum Gasteiger partial charge on any atom is 0.220 e. The molecule has 1 aliphatic heterocycles. The second-order valence-electron chi connectivity index (χ2n) is 5.59. The first-order valence-electron chi connectivity index (χ1n) is 7.56. The molecule has 0 aliphatic carbocycles. The number of carbonyl (C=O) groups excluding carboxylic acids is 1. The normalized spacial score (nSPS) is 15.7. The van der Waals surface area contributed by atoms with Crippen molar-refractivity contribution in [2.75, 3.05) is 12.3 Å². The van der Waals surface area contributed by atoms with Gasteiger partial charge in [0.1, 0.15) is 12.4 Å². The summed E-state index contributed by atoms with van der Waals surface area (Å²) in [5.74, 6) is 0.960. The molecule has 3 N–H and O–H groups in total. The van der Waals surface area contributed by atoms with E-state index in [0.717, 1.165) is 29.0 Å². The first-order valence-corrected chi connectivity index (χ1v) is 7.56. The van der Waals surface area contributed by atoms with E-state index in [4.69, 9.17) is 10.5 Å². The fraction of sp³-hybridized carbons (Fsp3) is 0.278. The lowest BCUT2D eigenvalue weighted by molar-refractivity contribution is -0.122. The number of aryl methyl sites for hydroxylation is 1. The number of rotatable bonds is 4. The zero-order valence-corrected chi connectivity index (χ0v) is 13.6. The summed E-state index contributed by atoms with van der Waals surface area (Å²) in [6.07, 6.45) is 1.91. The smallest absolute Gasteiger partial charge is 0.220 e. The van der Waals surface area contributed by atoms with E-state index in [1.165, 1.54) is 0 Å². The number of benzene rings is 2. The average Bonchev–Trinajstić information content (AvgIpc) is 2.54. The average molecular weight is 333 g/mol. The van der Waals surface area contributed by atoms with Crippen molar-refractivity contribution in [2.24, 2.45) is 0 Å². The van der Waals surface area contributed by atoms with Crippen molar-refractivity contribution in [3.8, 4) is 5.75 Å². The van der Waals surface area contributed by atoms with Crippen LogP contribution in [0, 0.1) is 0 Å². The summed E-state index contributed by atoms with van der Waals surface area (Å²) in [5, 5.41) is 3.04. The van der Waals surface area contributed by atoms with Gasteiger partial charge in [0, 0.05) is 12.1 Å². The zero-order chi connectivity index (χ0) is 15.4. The van der Waals surface area contributed by atoms with Crippen LogP contribution in [0.5, 0.6) is 5.75 Å². The number of ether oxygens (including phenoxy) is 1. The maximum absolute atomic E-state index is 12.1. The minimum Gasteiger partial charge on any atom is -0.491 e. The third kappa shape index (κ3) is 4.39. The van der Waals surface area contributed by atoms with Crippen molar-refractivity contribution >= 4 is 24.0 Å². The molecular weight excluding hydrogens is 312 g/mol. The monoisotopic (exact) mass is 332 g/mol. The molecule has 1 atom stereocenters. The molecule has 4 nitrogen and oxygen atoms in total. The summed E-state index contributed by atoms with van der Waals surface area (Å²) in [7, 11) is 0. The highest BCUT2D eigenvalue weighted by atomic mass is 35.5. The number of amides is 1. The van der Waals surface area contributed by atoms with Crippen LogP contribution >= 0.6 is 12.4 Å². The van der Waals surface area contributed by atoms with E-state index in [2.05, 4.69) is 5.32 Å². The molecule has 3 rings (SSSR count). The maximum atomic E-state index is 12.1. The topological polar surface area (TPSA) is 64.4 Å². The zero-order valence-electron chi connectivity index (χ0n) is 12.8. The molecule has 1 unspecified atom stereocenters. The van der Waals surface area contributed by atoms with Gasteiger partial charge in [0.25, 0.3) is 0 Å². The Kier molecular flexibility index (Phi) is 5.88. The molecular formula is C18H21ClN2O2. The predicted octanol–water partition coefficient (Wildman–Crippen LogP) is 2.74. The van der Waals surface area contributed by atoms with Gasteiger partial charge in [-0.25, -0.2) is 0 Å². The molecule has 23 heavy (non-hydrogen) atoms. The van der Waals surface area contributed by atoms with Crippen LogP contribution in [0.25, 0.3) is 0 Å². The molecule has 2 aromatic carbocycles. The fourth-order valence-electron chi connectivity index (χ4n) is 2.73. The standard InChI is InChI=1S/C18H20N2O2.ClH/c19-16-7-3-1-5-13(16)9-10-18(21)20-15-11-14-6-2-4-8-17(14)22-12-15;/h1-8,15H,9-12,19H2,(H,20,21);1H. The summed E-state index contributed by atoms with van der Waals surface area (Å²) in [6.45, 7) is 0.524. The van der Waals surface area contributed by atoms with Gasteiger partial charge < -0.3 is 15.8 Å². The summed E-state index contributed by atoms with van der Waals surface area (Å²) in [5.41, 5.74) is 8.79. The van der Waals surface area contributed by atoms with E-state index in [1.54, 1.807) is 0 Å². The van der Waals surface area contributed by atoms with E-state index in [9.17, 15) is 4.79 Å². The second-order valence-corrected chi connectivity index (χ2v) is 5.59. The highest BCUT2D eigenvalue weighted by Gasteiger charge is 2.20. The number of nitrogens with one attached hydrogen (secondary N) is 1. The number of nitrogens with two attached hydrogens (primary N) is 1. The van der Waals surface area contributed by atoms with Crippen LogP contribution in [0.15, 0.2) is 48.5 Å². The molecule has 0 saturated carbocycles. The Hall–Kier alpha value is -2.20. The summed E-state index contributed by atoms with van der Waals surface area (Å²) in [4.78, 5) is 12.1. The van der Waals surface area contributed by atoms with Gasteiger partial charge in [0.15, 0.2) is 0 Å². The van der Waals surface area contributed by atoms with Crippen molar-refractivity contribution in [1.29, 1.82) is 0 Å². The molecule has 5 heteroatoms. The Morgan fingerprint density at radius 3 is 2.74 bits per heavy atom. The van der Waals surface area contributed by atoms with Gasteiger partial charge in [-0.05, 0) is 36.1 Å². The molecule has 0 fully saturated rings. The molecule has 0 aromatic heterocycles. The molecule has 0 radical (unpaired) electrons. The van der Waals surface area contributed by atoms with Gasteiger partial charge in [-0.2, -0.15) is 0 Å². The van der Waals surface area contributed by atoms with E-state index < -0.39 is 0 Å². The molecule has 0 spiro atoms. The first-order chi connectivity index (χ1) is 10.7. The van der Waals surface area contributed by atoms with E-state index >= 15 is 0 Å². The van der Waals surface area contributed by atoms with Crippen molar-refractivity contribution < 1.29 is 9.53 Å². The van der Waals surface area contributed by atoms with Crippen molar-refractivity contribution in [3.63, 3.8) is 0 Å². The number of carbonyl (C=O) groups is 1. The largest absolute Gasteiger partial charge is 0.491 e. The van der Waals surface area contributed by atoms with Gasteiger partial charge in [0.2, 0.25) is 5.91 Å². The van der Waals surface area contributed by atoms with E-state index in [0.29, 0.717) is 19.4 Å². The molecule has 1 heterocycles. The SMILES string of the molecule is Cl.Nc1ccccc1CCC(=O)NC1COc2ccccc2C1. The van der Waals surface area contributed by atoms with Crippen LogP contribution < -0.4 is 15.8 Å². The Morgan fingerprint density at radius 1 is 1.17 bits per heavy atom. The molecule has 0 saturated heterocycles. The number of hydrogen-bond donors (Lipinski definition) is 2. The van der Waals surface area contributed by atoms with Crippen LogP contribution in [0.1, 0.15) is 17.5 Å². The number of hydrogen-bond acceptors (Lipinski definition) is 3. The third-order valence-corrected chi connectivity index (χ3v) is 3.92. The van der Waals surface area contributed by atoms with Crippen LogP contribution in [-0.2, 0) is 17.6 Å². The summed E-state index contributed by atoms with van der Waals surface area (Å²) >= 11 is 0. The molecule has 0 bridgehead atoms. The van der Waals surface area contributed by atoms with Crippen LogP contribution in [0.2, 0.25) is 0 Å². The van der Waals surface area contributed by atoms with Gasteiger partial charge in [0.05, 0.1) is 6.04 Å². The number of anilines is 1. The first kappa shape index (κ1) is 17.2. The minimum absolute atomic E-state index is 0. The lowest BCUT2D eigenvalue weighted by Crippen LogP contribution is -2.42. The van der Waals surface area contributed by atoms with Gasteiger partial charge >= 0.3 is 0 Å². The van der Waals surface area contributed by atoms with Gasteiger partial charge in [-0.3, -0.25) is 4.79 Å². The predicted molar refractivity (Wildman–Crippen MR) is 94.0 cm³/mol. The Balaban J connectivity index is 0.00000192. The highest BCUT2D eigenvalue weighted by Crippen LogP contribution is 2.23. The summed E-state index contributed by atoms with van der Waals surface area (Å²) < 4.78 is 5.68. The fourth-order valence-corrected chi connectivity index (χ4v) is 2.73. The number of nitrogen functional groups attached to an aromatic ring is 1.